The van der Waals surface area contributed by atoms with Crippen molar-refractivity contribution in [1.29, 1.82) is 0 Å². The highest BCUT2D eigenvalue weighted by molar-refractivity contribution is 5.26. The molecular weight excluding hydrogens is 172 g/mol. The SMILES string of the molecule is CC/C=C(C)/C(C)=C\N[C@H]1CCNC1. The first kappa shape index (κ1) is 11.3. The summed E-state index contributed by atoms with van der Waals surface area (Å²) in [6.07, 6.45) is 6.77. The summed E-state index contributed by atoms with van der Waals surface area (Å²) >= 11 is 0. The standard InChI is InChI=1S/C12H22N2/c1-4-5-10(2)11(3)8-14-12-6-7-13-9-12/h5,8,12-14H,4,6-7,9H2,1-3H3/b10-5+,11-8-/t12-/m0/s1. The lowest BCUT2D eigenvalue weighted by Gasteiger charge is -2.10. The van der Waals surface area contributed by atoms with Gasteiger partial charge >= 0.3 is 0 Å². The van der Waals surface area contributed by atoms with Gasteiger partial charge in [0.05, 0.1) is 0 Å². The normalized spacial score (nSPS) is 24.1. The van der Waals surface area contributed by atoms with Crippen molar-refractivity contribution in [2.24, 2.45) is 0 Å². The van der Waals surface area contributed by atoms with Crippen LogP contribution in [0.25, 0.3) is 0 Å². The van der Waals surface area contributed by atoms with E-state index in [-0.39, 0.29) is 0 Å². The van der Waals surface area contributed by atoms with Crippen molar-refractivity contribution in [2.75, 3.05) is 13.1 Å². The topological polar surface area (TPSA) is 24.1 Å². The molecule has 80 valence electrons. The average Bonchev–Trinajstić information content (AvgIpc) is 2.67. The third-order valence-corrected chi connectivity index (χ3v) is 2.73. The van der Waals surface area contributed by atoms with Gasteiger partial charge in [-0.15, -0.1) is 0 Å². The van der Waals surface area contributed by atoms with Gasteiger partial charge < -0.3 is 10.6 Å². The second-order valence-electron chi connectivity index (χ2n) is 3.98. The fourth-order valence-electron chi connectivity index (χ4n) is 1.62. The van der Waals surface area contributed by atoms with Crippen LogP contribution in [0.2, 0.25) is 0 Å². The lowest BCUT2D eigenvalue weighted by atomic mass is 10.1. The summed E-state index contributed by atoms with van der Waals surface area (Å²) in [6.45, 7) is 8.75. The molecule has 0 aliphatic carbocycles. The Balaban J connectivity index is 2.38. The molecule has 1 aliphatic rings. The third kappa shape index (κ3) is 3.54. The predicted octanol–water partition coefficient (Wildman–Crippen LogP) is 2.20. The van der Waals surface area contributed by atoms with E-state index in [0.29, 0.717) is 6.04 Å². The van der Waals surface area contributed by atoms with Gasteiger partial charge in [-0.05, 0) is 45.0 Å². The Morgan fingerprint density at radius 2 is 2.21 bits per heavy atom. The minimum absolute atomic E-state index is 0.624. The quantitative estimate of drug-likeness (QED) is 0.670. The summed E-state index contributed by atoms with van der Waals surface area (Å²) in [7, 11) is 0. The van der Waals surface area contributed by atoms with Gasteiger partial charge in [0.2, 0.25) is 0 Å². The Labute approximate surface area is 87.5 Å². The van der Waals surface area contributed by atoms with Crippen molar-refractivity contribution < 1.29 is 0 Å². The van der Waals surface area contributed by atoms with E-state index < -0.39 is 0 Å². The zero-order valence-electron chi connectivity index (χ0n) is 9.56. The highest BCUT2D eigenvalue weighted by Crippen LogP contribution is 2.08. The molecule has 2 heteroatoms. The number of hydrogen-bond donors (Lipinski definition) is 2. The maximum atomic E-state index is 3.46. The second kappa shape index (κ2) is 5.86. The van der Waals surface area contributed by atoms with Crippen molar-refractivity contribution in [3.05, 3.63) is 23.4 Å². The van der Waals surface area contributed by atoms with Crippen LogP contribution in [0, 0.1) is 0 Å². The largest absolute Gasteiger partial charge is 0.387 e. The molecule has 2 nitrogen and oxygen atoms in total. The zero-order chi connectivity index (χ0) is 10.4. The third-order valence-electron chi connectivity index (χ3n) is 2.73. The van der Waals surface area contributed by atoms with E-state index >= 15 is 0 Å². The van der Waals surface area contributed by atoms with Crippen LogP contribution in [-0.2, 0) is 0 Å². The maximum absolute atomic E-state index is 3.46. The van der Waals surface area contributed by atoms with Crippen LogP contribution in [0.5, 0.6) is 0 Å². The van der Waals surface area contributed by atoms with E-state index in [1.165, 1.54) is 17.6 Å². The first-order valence-electron chi connectivity index (χ1n) is 5.54. The number of allylic oxidation sites excluding steroid dienone is 3. The lowest BCUT2D eigenvalue weighted by molar-refractivity contribution is 0.636. The van der Waals surface area contributed by atoms with Crippen LogP contribution in [0.3, 0.4) is 0 Å². The molecule has 0 aromatic heterocycles. The Kier molecular flexibility index (Phi) is 4.74. The molecule has 1 aliphatic heterocycles. The van der Waals surface area contributed by atoms with Crippen molar-refractivity contribution in [2.45, 2.75) is 39.7 Å². The van der Waals surface area contributed by atoms with Crippen LogP contribution >= 0.6 is 0 Å². The van der Waals surface area contributed by atoms with E-state index in [9.17, 15) is 0 Å². The van der Waals surface area contributed by atoms with E-state index in [0.717, 1.165) is 19.5 Å². The van der Waals surface area contributed by atoms with Crippen molar-refractivity contribution in [3.63, 3.8) is 0 Å². The minimum Gasteiger partial charge on any atom is -0.387 e. The lowest BCUT2D eigenvalue weighted by Crippen LogP contribution is -2.26. The molecule has 0 saturated carbocycles. The molecule has 1 heterocycles. The molecule has 1 rings (SSSR count). The molecule has 0 aromatic rings. The van der Waals surface area contributed by atoms with Gasteiger partial charge in [-0.1, -0.05) is 18.6 Å². The van der Waals surface area contributed by atoms with Crippen LogP contribution < -0.4 is 10.6 Å². The average molecular weight is 194 g/mol. The van der Waals surface area contributed by atoms with E-state index in [1.807, 2.05) is 0 Å². The van der Waals surface area contributed by atoms with Gasteiger partial charge in [0, 0.05) is 12.6 Å². The first-order chi connectivity index (χ1) is 6.74. The number of rotatable bonds is 4. The van der Waals surface area contributed by atoms with Gasteiger partial charge in [0.1, 0.15) is 0 Å². The molecule has 1 atom stereocenters. The number of nitrogens with one attached hydrogen (secondary N) is 2. The maximum Gasteiger partial charge on any atom is 0.0392 e. The van der Waals surface area contributed by atoms with Gasteiger partial charge in [0.25, 0.3) is 0 Å². The van der Waals surface area contributed by atoms with Crippen molar-refractivity contribution in [3.8, 4) is 0 Å². The summed E-state index contributed by atoms with van der Waals surface area (Å²) < 4.78 is 0. The van der Waals surface area contributed by atoms with E-state index in [1.54, 1.807) is 0 Å². The molecule has 0 unspecified atom stereocenters. The highest BCUT2D eigenvalue weighted by atomic mass is 15.0. The minimum atomic E-state index is 0.624. The summed E-state index contributed by atoms with van der Waals surface area (Å²) in [5.74, 6) is 0. The number of hydrogen-bond acceptors (Lipinski definition) is 2. The monoisotopic (exact) mass is 194 g/mol. The summed E-state index contributed by atoms with van der Waals surface area (Å²) in [4.78, 5) is 0. The van der Waals surface area contributed by atoms with Gasteiger partial charge in [-0.2, -0.15) is 0 Å². The van der Waals surface area contributed by atoms with E-state index in [2.05, 4.69) is 43.7 Å². The Morgan fingerprint density at radius 3 is 2.79 bits per heavy atom. The molecule has 1 fully saturated rings. The highest BCUT2D eigenvalue weighted by Gasteiger charge is 2.11. The molecule has 0 spiro atoms. The van der Waals surface area contributed by atoms with Crippen LogP contribution in [0.4, 0.5) is 0 Å². The fourth-order valence-corrected chi connectivity index (χ4v) is 1.62. The van der Waals surface area contributed by atoms with Crippen LogP contribution in [0.15, 0.2) is 23.4 Å². The zero-order valence-corrected chi connectivity index (χ0v) is 9.56. The van der Waals surface area contributed by atoms with Gasteiger partial charge in [-0.3, -0.25) is 0 Å². The second-order valence-corrected chi connectivity index (χ2v) is 3.98. The molecule has 14 heavy (non-hydrogen) atoms. The fraction of sp³-hybridized carbons (Fsp3) is 0.667. The van der Waals surface area contributed by atoms with Crippen LogP contribution in [0.1, 0.15) is 33.6 Å². The predicted molar refractivity (Wildman–Crippen MR) is 62.2 cm³/mol. The summed E-state index contributed by atoms with van der Waals surface area (Å²) in [6, 6.07) is 0.624. The molecule has 0 amide bonds. The summed E-state index contributed by atoms with van der Waals surface area (Å²) in [5, 5.41) is 6.80. The Hall–Kier alpha value is -0.760. The Bertz CT molecular complexity index is 222. The molecule has 0 bridgehead atoms. The summed E-state index contributed by atoms with van der Waals surface area (Å²) in [5.41, 5.74) is 2.73. The molecular formula is C12H22N2. The first-order valence-corrected chi connectivity index (χ1v) is 5.54. The molecule has 0 aromatic carbocycles. The molecule has 0 radical (unpaired) electrons. The van der Waals surface area contributed by atoms with Gasteiger partial charge in [-0.25, -0.2) is 0 Å². The smallest absolute Gasteiger partial charge is 0.0392 e. The van der Waals surface area contributed by atoms with Crippen molar-refractivity contribution in [1.82, 2.24) is 10.6 Å². The van der Waals surface area contributed by atoms with E-state index in [4.69, 9.17) is 0 Å². The molecule has 2 N–H and O–H groups in total. The van der Waals surface area contributed by atoms with Crippen LogP contribution in [-0.4, -0.2) is 19.1 Å². The van der Waals surface area contributed by atoms with Crippen molar-refractivity contribution >= 4 is 0 Å². The Morgan fingerprint density at radius 1 is 1.43 bits per heavy atom. The molecule has 1 saturated heterocycles. The van der Waals surface area contributed by atoms with Gasteiger partial charge in [0.15, 0.2) is 0 Å².